The molecule has 0 aromatic heterocycles. The monoisotopic (exact) mass is 334 g/mol. The molecular formula is C13H34O2Si4. The SMILES string of the molecule is C1CC[SiH2]OC1.CC1C[Si](C)(C)[Si](C)(C)[Si](C)(C)O1. The molecule has 0 N–H and O–H groups in total. The Labute approximate surface area is 125 Å². The van der Waals surface area contributed by atoms with Crippen LogP contribution in [0.25, 0.3) is 0 Å². The Morgan fingerprint density at radius 3 is 1.95 bits per heavy atom. The molecule has 0 bridgehead atoms. The molecule has 2 rings (SSSR count). The molecule has 0 aromatic rings. The van der Waals surface area contributed by atoms with Crippen molar-refractivity contribution in [3.05, 3.63) is 0 Å². The lowest BCUT2D eigenvalue weighted by Gasteiger charge is -2.54. The minimum absolute atomic E-state index is 0.00849. The van der Waals surface area contributed by atoms with Gasteiger partial charge in [0.05, 0.1) is 7.11 Å². The Balaban J connectivity index is 0.000000250. The van der Waals surface area contributed by atoms with Gasteiger partial charge in [-0.2, -0.15) is 0 Å². The van der Waals surface area contributed by atoms with E-state index in [0.29, 0.717) is 6.10 Å². The summed E-state index contributed by atoms with van der Waals surface area (Å²) in [5.74, 6) is 0. The zero-order chi connectivity index (χ0) is 14.7. The summed E-state index contributed by atoms with van der Waals surface area (Å²) in [5.41, 5.74) is 0. The molecule has 0 spiro atoms. The van der Waals surface area contributed by atoms with Gasteiger partial charge in [-0.15, -0.1) is 0 Å². The fourth-order valence-corrected chi connectivity index (χ4v) is 34.4. The topological polar surface area (TPSA) is 18.5 Å². The van der Waals surface area contributed by atoms with Gasteiger partial charge in [0.1, 0.15) is 0 Å². The van der Waals surface area contributed by atoms with Crippen molar-refractivity contribution >= 4 is 32.3 Å². The van der Waals surface area contributed by atoms with Gasteiger partial charge in [-0.3, -0.25) is 0 Å². The minimum Gasteiger partial charge on any atom is -0.424 e. The maximum atomic E-state index is 6.26. The van der Waals surface area contributed by atoms with E-state index in [2.05, 4.69) is 46.2 Å². The average molecular weight is 335 g/mol. The van der Waals surface area contributed by atoms with Crippen LogP contribution in [0.5, 0.6) is 0 Å². The standard InChI is InChI=1S/C9H24OSi3.C4H10OSi/c1-9-8-11(2,3)13(6,7)12(4,5)10-9;1-2-4-6-5-3-1/h9H,8H2,1-7H3;1-4,6H2. The van der Waals surface area contributed by atoms with E-state index in [1.54, 1.807) is 0 Å². The van der Waals surface area contributed by atoms with Gasteiger partial charge in [0, 0.05) is 20.3 Å². The van der Waals surface area contributed by atoms with Crippen LogP contribution < -0.4 is 0 Å². The van der Waals surface area contributed by atoms with Crippen molar-refractivity contribution in [2.24, 2.45) is 0 Å². The molecule has 0 aliphatic carbocycles. The predicted molar refractivity (Wildman–Crippen MR) is 96.3 cm³/mol. The highest BCUT2D eigenvalue weighted by atomic mass is 29.6. The van der Waals surface area contributed by atoms with Crippen molar-refractivity contribution in [2.75, 3.05) is 6.61 Å². The molecule has 2 saturated heterocycles. The maximum Gasteiger partial charge on any atom is 0.171 e. The van der Waals surface area contributed by atoms with Crippen molar-refractivity contribution in [1.82, 2.24) is 0 Å². The summed E-state index contributed by atoms with van der Waals surface area (Å²) in [4.78, 5) is 0. The molecule has 2 aliphatic heterocycles. The highest BCUT2D eigenvalue weighted by Gasteiger charge is 2.57. The van der Waals surface area contributed by atoms with Crippen LogP contribution in [0.3, 0.4) is 0 Å². The second-order valence-corrected chi connectivity index (χ2v) is 36.7. The highest BCUT2D eigenvalue weighted by molar-refractivity contribution is 7.67. The molecule has 114 valence electrons. The van der Waals surface area contributed by atoms with Crippen LogP contribution in [0, 0.1) is 0 Å². The molecule has 0 amide bonds. The first-order valence-electron chi connectivity index (χ1n) is 7.86. The van der Waals surface area contributed by atoms with Crippen LogP contribution in [0.15, 0.2) is 0 Å². The van der Waals surface area contributed by atoms with Crippen molar-refractivity contribution in [3.8, 4) is 0 Å². The van der Waals surface area contributed by atoms with Crippen molar-refractivity contribution < 1.29 is 8.85 Å². The summed E-state index contributed by atoms with van der Waals surface area (Å²) >= 11 is 0. The van der Waals surface area contributed by atoms with E-state index in [4.69, 9.17) is 8.85 Å². The van der Waals surface area contributed by atoms with Gasteiger partial charge in [-0.05, 0) is 38.5 Å². The van der Waals surface area contributed by atoms with E-state index < -0.39 is 22.5 Å². The van der Waals surface area contributed by atoms with Crippen molar-refractivity contribution in [1.29, 1.82) is 0 Å². The minimum atomic E-state index is -1.32. The number of hydrogen-bond donors (Lipinski definition) is 0. The first kappa shape index (κ1) is 17.8. The summed E-state index contributed by atoms with van der Waals surface area (Å²) < 4.78 is 11.5. The third-order valence-corrected chi connectivity index (χ3v) is 47.6. The second-order valence-electron chi connectivity index (χ2n) is 7.82. The molecular weight excluding hydrogens is 300 g/mol. The maximum absolute atomic E-state index is 6.26. The van der Waals surface area contributed by atoms with E-state index in [9.17, 15) is 0 Å². The Kier molecular flexibility index (Phi) is 6.29. The van der Waals surface area contributed by atoms with Gasteiger partial charge in [-0.1, -0.05) is 32.6 Å². The Morgan fingerprint density at radius 2 is 1.63 bits per heavy atom. The third-order valence-electron chi connectivity index (χ3n) is 5.57. The summed E-state index contributed by atoms with van der Waals surface area (Å²) in [7, 11) is -3.28. The Hall–Kier alpha value is 0.788. The van der Waals surface area contributed by atoms with Crippen LogP contribution in [0.2, 0.25) is 51.4 Å². The molecule has 0 aromatic carbocycles. The molecule has 2 nitrogen and oxygen atoms in total. The number of hydrogen-bond acceptors (Lipinski definition) is 2. The largest absolute Gasteiger partial charge is 0.424 e. The van der Waals surface area contributed by atoms with Gasteiger partial charge in [0.2, 0.25) is 0 Å². The van der Waals surface area contributed by atoms with E-state index in [1.165, 1.54) is 24.9 Å². The van der Waals surface area contributed by atoms with Gasteiger partial charge in [0.25, 0.3) is 0 Å². The number of rotatable bonds is 0. The lowest BCUT2D eigenvalue weighted by Crippen LogP contribution is -2.75. The van der Waals surface area contributed by atoms with Crippen molar-refractivity contribution in [2.45, 2.75) is 77.2 Å². The lowest BCUT2D eigenvalue weighted by molar-refractivity contribution is 0.235. The Morgan fingerprint density at radius 1 is 1.00 bits per heavy atom. The fourth-order valence-electron chi connectivity index (χ4n) is 3.17. The molecule has 1 atom stereocenters. The second kappa shape index (κ2) is 6.70. The fraction of sp³-hybridized carbons (Fsp3) is 1.00. The zero-order valence-corrected chi connectivity index (χ0v) is 18.6. The molecule has 19 heavy (non-hydrogen) atoms. The van der Waals surface area contributed by atoms with Gasteiger partial charge < -0.3 is 8.85 Å². The molecule has 0 saturated carbocycles. The molecule has 6 heteroatoms. The van der Waals surface area contributed by atoms with Gasteiger partial charge in [0.15, 0.2) is 17.6 Å². The quantitative estimate of drug-likeness (QED) is 0.631. The normalized spacial score (nSPS) is 33.3. The zero-order valence-electron chi connectivity index (χ0n) is 14.1. The van der Waals surface area contributed by atoms with Crippen LogP contribution in [-0.4, -0.2) is 45.0 Å². The highest BCUT2D eigenvalue weighted by Crippen LogP contribution is 2.38. The van der Waals surface area contributed by atoms with Gasteiger partial charge >= 0.3 is 0 Å². The van der Waals surface area contributed by atoms with E-state index in [-0.39, 0.29) is 9.76 Å². The molecule has 2 heterocycles. The van der Waals surface area contributed by atoms with Crippen LogP contribution in [0.1, 0.15) is 19.8 Å². The van der Waals surface area contributed by atoms with Crippen LogP contribution in [0.4, 0.5) is 0 Å². The smallest absolute Gasteiger partial charge is 0.171 e. The third kappa shape index (κ3) is 4.38. The Bertz CT molecular complexity index is 257. The first-order chi connectivity index (χ1) is 8.60. The van der Waals surface area contributed by atoms with Crippen molar-refractivity contribution in [3.63, 3.8) is 0 Å². The summed E-state index contributed by atoms with van der Waals surface area (Å²) in [6.45, 7) is 18.6. The molecule has 0 radical (unpaired) electrons. The van der Waals surface area contributed by atoms with E-state index in [0.717, 1.165) is 6.61 Å². The lowest BCUT2D eigenvalue weighted by atomic mass is 10.4. The molecule has 2 aliphatic rings. The van der Waals surface area contributed by atoms with Gasteiger partial charge in [-0.25, -0.2) is 0 Å². The van der Waals surface area contributed by atoms with E-state index in [1.807, 2.05) is 0 Å². The molecule has 1 unspecified atom stereocenters. The van der Waals surface area contributed by atoms with E-state index >= 15 is 0 Å². The summed E-state index contributed by atoms with van der Waals surface area (Å²) in [5, 5.41) is 0. The van der Waals surface area contributed by atoms with Crippen LogP contribution in [-0.2, 0) is 8.85 Å². The average Bonchev–Trinajstić information content (AvgIpc) is 2.28. The molecule has 2 fully saturated rings. The predicted octanol–water partition coefficient (Wildman–Crippen LogP) is 3.48. The summed E-state index contributed by atoms with van der Waals surface area (Å²) in [6, 6.07) is 2.81. The first-order valence-corrected chi connectivity index (χ1v) is 20.5. The summed E-state index contributed by atoms with van der Waals surface area (Å²) in [6.07, 6.45) is 3.29. The van der Waals surface area contributed by atoms with Crippen LogP contribution >= 0.6 is 0 Å².